The molecule has 0 radical (unpaired) electrons. The minimum atomic E-state index is 0.0937. The first-order valence-corrected chi connectivity index (χ1v) is 6.47. The Labute approximate surface area is 113 Å². The van der Waals surface area contributed by atoms with Gasteiger partial charge in [0.15, 0.2) is 0 Å². The molecule has 0 bridgehead atoms. The van der Waals surface area contributed by atoms with E-state index in [0.717, 1.165) is 29.8 Å². The molecule has 4 heteroatoms. The van der Waals surface area contributed by atoms with Gasteiger partial charge in [-0.05, 0) is 30.7 Å². The van der Waals surface area contributed by atoms with Gasteiger partial charge in [0.2, 0.25) is 0 Å². The molecule has 0 aliphatic carbocycles. The fourth-order valence-electron chi connectivity index (χ4n) is 2.00. The molecule has 1 aromatic heterocycles. The number of hydrogen-bond acceptors (Lipinski definition) is 4. The number of aromatic nitrogens is 2. The van der Waals surface area contributed by atoms with Crippen LogP contribution in [0.4, 0.5) is 0 Å². The van der Waals surface area contributed by atoms with Gasteiger partial charge in [0, 0.05) is 18.0 Å². The van der Waals surface area contributed by atoms with E-state index in [1.165, 1.54) is 0 Å². The first kappa shape index (κ1) is 13.5. The zero-order chi connectivity index (χ0) is 13.5. The lowest BCUT2D eigenvalue weighted by molar-refractivity contribution is 0.413. The third-order valence-corrected chi connectivity index (χ3v) is 2.94. The number of ether oxygens (including phenoxy) is 1. The molecule has 4 nitrogen and oxygen atoms in total. The van der Waals surface area contributed by atoms with Crippen molar-refractivity contribution in [3.05, 3.63) is 54.1 Å². The maximum atomic E-state index is 5.29. The van der Waals surface area contributed by atoms with Crippen LogP contribution >= 0.6 is 0 Å². The van der Waals surface area contributed by atoms with Crippen LogP contribution in [0.15, 0.2) is 43.0 Å². The molecular formula is C15H19N3O. The molecule has 1 atom stereocenters. The van der Waals surface area contributed by atoms with Gasteiger partial charge in [0.25, 0.3) is 0 Å². The highest BCUT2D eigenvalue weighted by Crippen LogP contribution is 2.24. The summed E-state index contributed by atoms with van der Waals surface area (Å²) in [6.45, 7) is 3.09. The van der Waals surface area contributed by atoms with E-state index in [-0.39, 0.29) is 6.04 Å². The van der Waals surface area contributed by atoms with Crippen LogP contribution in [0.2, 0.25) is 0 Å². The first-order chi connectivity index (χ1) is 9.35. The van der Waals surface area contributed by atoms with Crippen LogP contribution in [0.3, 0.4) is 0 Å². The van der Waals surface area contributed by atoms with Crippen LogP contribution in [0.1, 0.15) is 30.5 Å². The molecule has 1 N–H and O–H groups in total. The summed E-state index contributed by atoms with van der Waals surface area (Å²) in [6, 6.07) is 8.17. The van der Waals surface area contributed by atoms with Crippen LogP contribution in [-0.4, -0.2) is 23.6 Å². The maximum absolute atomic E-state index is 5.29. The van der Waals surface area contributed by atoms with Crippen molar-refractivity contribution in [2.75, 3.05) is 13.7 Å². The molecule has 0 spiro atoms. The van der Waals surface area contributed by atoms with E-state index in [1.54, 1.807) is 13.4 Å². The zero-order valence-corrected chi connectivity index (χ0v) is 11.3. The third kappa shape index (κ3) is 3.51. The second-order valence-corrected chi connectivity index (χ2v) is 4.34. The predicted octanol–water partition coefficient (Wildman–Crippen LogP) is 2.57. The summed E-state index contributed by atoms with van der Waals surface area (Å²) in [6.07, 6.45) is 6.32. The predicted molar refractivity (Wildman–Crippen MR) is 75.2 cm³/mol. The maximum Gasteiger partial charge on any atom is 0.119 e. The molecule has 100 valence electrons. The standard InChI is InChI=1S/C15H19N3O/c1-3-7-18-15(13-9-16-11-17-10-13)12-5-4-6-14(8-12)19-2/h4-6,8-11,15,18H,3,7H2,1-2H3. The molecule has 0 aliphatic heterocycles. The van der Waals surface area contributed by atoms with E-state index in [0.29, 0.717) is 0 Å². The minimum Gasteiger partial charge on any atom is -0.497 e. The summed E-state index contributed by atoms with van der Waals surface area (Å²) in [4.78, 5) is 8.20. The monoisotopic (exact) mass is 257 g/mol. The molecule has 2 aromatic rings. The fourth-order valence-corrected chi connectivity index (χ4v) is 2.00. The summed E-state index contributed by atoms with van der Waals surface area (Å²) >= 11 is 0. The Bertz CT molecular complexity index is 502. The van der Waals surface area contributed by atoms with Gasteiger partial charge in [0.1, 0.15) is 12.1 Å². The summed E-state index contributed by atoms with van der Waals surface area (Å²) < 4.78 is 5.29. The number of methoxy groups -OCH3 is 1. The van der Waals surface area contributed by atoms with Crippen molar-refractivity contribution in [3.8, 4) is 5.75 Å². The highest BCUT2D eigenvalue weighted by Gasteiger charge is 2.14. The molecule has 0 saturated carbocycles. The lowest BCUT2D eigenvalue weighted by atomic mass is 10.0. The number of rotatable bonds is 6. The van der Waals surface area contributed by atoms with Crippen LogP contribution < -0.4 is 10.1 Å². The number of hydrogen-bond donors (Lipinski definition) is 1. The highest BCUT2D eigenvalue weighted by molar-refractivity contribution is 5.35. The molecule has 0 saturated heterocycles. The van der Waals surface area contributed by atoms with Gasteiger partial charge in [0.05, 0.1) is 13.2 Å². The Hall–Kier alpha value is -1.94. The SMILES string of the molecule is CCCNC(c1cncnc1)c1cccc(OC)c1. The van der Waals surface area contributed by atoms with Gasteiger partial charge in [-0.3, -0.25) is 0 Å². The van der Waals surface area contributed by atoms with Crippen molar-refractivity contribution in [2.45, 2.75) is 19.4 Å². The van der Waals surface area contributed by atoms with Gasteiger partial charge in [-0.15, -0.1) is 0 Å². The van der Waals surface area contributed by atoms with E-state index in [4.69, 9.17) is 4.74 Å². The second-order valence-electron chi connectivity index (χ2n) is 4.34. The highest BCUT2D eigenvalue weighted by atomic mass is 16.5. The average Bonchev–Trinajstić information content (AvgIpc) is 2.49. The number of nitrogens with zero attached hydrogens (tertiary/aromatic N) is 2. The Balaban J connectivity index is 2.31. The molecule has 0 aliphatic rings. The average molecular weight is 257 g/mol. The van der Waals surface area contributed by atoms with E-state index >= 15 is 0 Å². The summed E-state index contributed by atoms with van der Waals surface area (Å²) in [5.74, 6) is 0.859. The van der Waals surface area contributed by atoms with Crippen LogP contribution in [-0.2, 0) is 0 Å². The quantitative estimate of drug-likeness (QED) is 0.864. The van der Waals surface area contributed by atoms with E-state index < -0.39 is 0 Å². The van der Waals surface area contributed by atoms with Crippen molar-refractivity contribution < 1.29 is 4.74 Å². The van der Waals surface area contributed by atoms with Gasteiger partial charge < -0.3 is 10.1 Å². The molecule has 19 heavy (non-hydrogen) atoms. The van der Waals surface area contributed by atoms with Gasteiger partial charge >= 0.3 is 0 Å². The van der Waals surface area contributed by atoms with Crippen molar-refractivity contribution in [1.29, 1.82) is 0 Å². The topological polar surface area (TPSA) is 47.0 Å². The fraction of sp³-hybridized carbons (Fsp3) is 0.333. The largest absolute Gasteiger partial charge is 0.497 e. The van der Waals surface area contributed by atoms with E-state index in [9.17, 15) is 0 Å². The Kier molecular flexibility index (Phi) is 4.86. The molecule has 0 amide bonds. The van der Waals surface area contributed by atoms with Crippen molar-refractivity contribution >= 4 is 0 Å². The molecule has 1 heterocycles. The Morgan fingerprint density at radius 3 is 2.68 bits per heavy atom. The van der Waals surface area contributed by atoms with Crippen LogP contribution in [0, 0.1) is 0 Å². The lowest BCUT2D eigenvalue weighted by Crippen LogP contribution is -2.23. The Morgan fingerprint density at radius 2 is 2.00 bits per heavy atom. The minimum absolute atomic E-state index is 0.0937. The van der Waals surface area contributed by atoms with Gasteiger partial charge in [-0.2, -0.15) is 0 Å². The van der Waals surface area contributed by atoms with Gasteiger partial charge in [-0.25, -0.2) is 9.97 Å². The van der Waals surface area contributed by atoms with Crippen molar-refractivity contribution in [3.63, 3.8) is 0 Å². The smallest absolute Gasteiger partial charge is 0.119 e. The molecule has 0 fully saturated rings. The van der Waals surface area contributed by atoms with E-state index in [2.05, 4.69) is 28.3 Å². The van der Waals surface area contributed by atoms with Crippen molar-refractivity contribution in [2.24, 2.45) is 0 Å². The second kappa shape index (κ2) is 6.85. The Morgan fingerprint density at radius 1 is 1.21 bits per heavy atom. The number of nitrogens with one attached hydrogen (secondary N) is 1. The summed E-state index contributed by atoms with van der Waals surface area (Å²) in [5.41, 5.74) is 2.21. The van der Waals surface area contributed by atoms with Crippen molar-refractivity contribution in [1.82, 2.24) is 15.3 Å². The van der Waals surface area contributed by atoms with Crippen LogP contribution in [0.25, 0.3) is 0 Å². The van der Waals surface area contributed by atoms with Gasteiger partial charge in [-0.1, -0.05) is 19.1 Å². The van der Waals surface area contributed by atoms with Crippen LogP contribution in [0.5, 0.6) is 5.75 Å². The first-order valence-electron chi connectivity index (χ1n) is 6.47. The third-order valence-electron chi connectivity index (χ3n) is 2.94. The summed E-state index contributed by atoms with van der Waals surface area (Å²) in [7, 11) is 1.68. The molecule has 1 unspecified atom stereocenters. The number of benzene rings is 1. The zero-order valence-electron chi connectivity index (χ0n) is 11.3. The summed E-state index contributed by atoms with van der Waals surface area (Å²) in [5, 5.41) is 3.52. The van der Waals surface area contributed by atoms with E-state index in [1.807, 2.05) is 30.6 Å². The normalized spacial score (nSPS) is 12.1. The molecule has 1 aromatic carbocycles. The molecule has 2 rings (SSSR count). The molecular weight excluding hydrogens is 238 g/mol. The lowest BCUT2D eigenvalue weighted by Gasteiger charge is -2.19.